The molecule has 1 aliphatic heterocycles. The number of aliphatic hydroxyl groups is 2. The van der Waals surface area contributed by atoms with Gasteiger partial charge in [0.2, 0.25) is 0 Å². The van der Waals surface area contributed by atoms with Crippen LogP contribution in [0.5, 0.6) is 0 Å². The van der Waals surface area contributed by atoms with Crippen molar-refractivity contribution in [3.8, 4) is 0 Å². The standard InChI is InChI=1S/C28H42F3NO2/c1-18(17-32-13-10-22(11-14-32)28(29,30)31)23-8-9-24-21(5-4-12-27(23,24)3)7-6-20-15-25(33)19(2)26(34)16-20/h6-7,18,22-26,33-34H,2,4-5,8-17H2,1,3H3/t18?,23-,24+,25-,26-,27-/m1/s1. The number of hydrogen-bond acceptors (Lipinski definition) is 3. The number of alkyl halides is 3. The number of likely N-dealkylation sites (tertiary alicyclic amines) is 1. The summed E-state index contributed by atoms with van der Waals surface area (Å²) in [6.45, 7) is 10.6. The van der Waals surface area contributed by atoms with Crippen LogP contribution in [0.4, 0.5) is 13.2 Å². The summed E-state index contributed by atoms with van der Waals surface area (Å²) in [4.78, 5) is 2.27. The summed E-state index contributed by atoms with van der Waals surface area (Å²) in [5.41, 5.74) is 3.34. The van der Waals surface area contributed by atoms with Crippen LogP contribution >= 0.6 is 0 Å². The summed E-state index contributed by atoms with van der Waals surface area (Å²) in [6.07, 6.45) is 6.44. The molecule has 0 aromatic heterocycles. The van der Waals surface area contributed by atoms with E-state index >= 15 is 0 Å². The summed E-state index contributed by atoms with van der Waals surface area (Å²) >= 11 is 0. The van der Waals surface area contributed by atoms with E-state index in [1.165, 1.54) is 31.3 Å². The first-order valence-electron chi connectivity index (χ1n) is 13.2. The first kappa shape index (κ1) is 26.0. The van der Waals surface area contributed by atoms with E-state index in [4.69, 9.17) is 0 Å². The third kappa shape index (κ3) is 5.34. The number of nitrogens with zero attached hydrogens (tertiary/aromatic N) is 1. The average Bonchev–Trinajstić information content (AvgIpc) is 3.13. The molecule has 1 unspecified atom stereocenters. The Morgan fingerprint density at radius 3 is 2.35 bits per heavy atom. The minimum atomic E-state index is -4.05. The molecular weight excluding hydrogens is 439 g/mol. The first-order chi connectivity index (χ1) is 16.0. The number of piperidine rings is 1. The average molecular weight is 482 g/mol. The Kier molecular flexibility index (Phi) is 7.71. The fourth-order valence-electron chi connectivity index (χ4n) is 7.62. The van der Waals surface area contributed by atoms with Crippen molar-refractivity contribution in [2.75, 3.05) is 19.6 Å². The number of hydrogen-bond donors (Lipinski definition) is 2. The molecule has 4 rings (SSSR count). The molecule has 6 heteroatoms. The minimum absolute atomic E-state index is 0.235. The summed E-state index contributed by atoms with van der Waals surface area (Å²) in [5.74, 6) is 0.493. The van der Waals surface area contributed by atoms with Crippen LogP contribution in [0.3, 0.4) is 0 Å². The van der Waals surface area contributed by atoms with Crippen molar-refractivity contribution in [3.63, 3.8) is 0 Å². The molecule has 0 aromatic carbocycles. The molecule has 0 amide bonds. The Morgan fingerprint density at radius 1 is 1.09 bits per heavy atom. The zero-order valence-electron chi connectivity index (χ0n) is 20.8. The van der Waals surface area contributed by atoms with Crippen LogP contribution in [0, 0.1) is 29.1 Å². The van der Waals surface area contributed by atoms with E-state index in [0.717, 1.165) is 18.5 Å². The molecule has 0 spiro atoms. The molecule has 4 aliphatic rings. The SMILES string of the molecule is C=C1[C@H](O)CC(=CC=C2CCC[C@]3(C)[C@@H](C(C)CN4CCC(C(F)(F)F)CC4)CC[C@@H]23)C[C@H]1O. The van der Waals surface area contributed by atoms with Crippen molar-refractivity contribution in [2.45, 2.75) is 90.0 Å². The summed E-state index contributed by atoms with van der Waals surface area (Å²) < 4.78 is 39.1. The maximum atomic E-state index is 13.0. The van der Waals surface area contributed by atoms with Gasteiger partial charge in [-0.05, 0) is 99.6 Å². The maximum absolute atomic E-state index is 13.0. The van der Waals surface area contributed by atoms with Gasteiger partial charge in [0.1, 0.15) is 0 Å². The van der Waals surface area contributed by atoms with Crippen LogP contribution in [-0.4, -0.2) is 53.1 Å². The van der Waals surface area contributed by atoms with Gasteiger partial charge < -0.3 is 15.1 Å². The molecule has 192 valence electrons. The van der Waals surface area contributed by atoms with E-state index in [-0.39, 0.29) is 18.3 Å². The van der Waals surface area contributed by atoms with E-state index in [9.17, 15) is 23.4 Å². The lowest BCUT2D eigenvalue weighted by Crippen LogP contribution is -2.44. The van der Waals surface area contributed by atoms with E-state index in [1.807, 2.05) is 0 Å². The van der Waals surface area contributed by atoms with E-state index in [2.05, 4.69) is 37.5 Å². The highest BCUT2D eigenvalue weighted by Gasteiger charge is 2.51. The molecule has 0 bridgehead atoms. The molecule has 3 saturated carbocycles. The van der Waals surface area contributed by atoms with Gasteiger partial charge >= 0.3 is 6.18 Å². The molecule has 3 nitrogen and oxygen atoms in total. The van der Waals surface area contributed by atoms with Gasteiger partial charge in [0.05, 0.1) is 18.1 Å². The van der Waals surface area contributed by atoms with Gasteiger partial charge in [-0.3, -0.25) is 0 Å². The fraction of sp³-hybridized carbons (Fsp3) is 0.786. The van der Waals surface area contributed by atoms with E-state index in [0.29, 0.717) is 49.3 Å². The van der Waals surface area contributed by atoms with Crippen molar-refractivity contribution in [1.29, 1.82) is 0 Å². The zero-order valence-corrected chi connectivity index (χ0v) is 20.8. The highest BCUT2D eigenvalue weighted by Crippen LogP contribution is 2.59. The number of aliphatic hydroxyl groups excluding tert-OH is 2. The second-order valence-corrected chi connectivity index (χ2v) is 11.8. The normalized spacial score (nSPS) is 38.3. The van der Waals surface area contributed by atoms with Gasteiger partial charge in [0.15, 0.2) is 0 Å². The Morgan fingerprint density at radius 2 is 1.74 bits per heavy atom. The summed E-state index contributed by atoms with van der Waals surface area (Å²) in [7, 11) is 0. The molecule has 0 aromatic rings. The molecule has 0 radical (unpaired) electrons. The second kappa shape index (κ2) is 10.1. The van der Waals surface area contributed by atoms with Crippen molar-refractivity contribution >= 4 is 0 Å². The fourth-order valence-corrected chi connectivity index (χ4v) is 7.62. The predicted molar refractivity (Wildman–Crippen MR) is 129 cm³/mol. The van der Waals surface area contributed by atoms with Gasteiger partial charge in [0.25, 0.3) is 0 Å². The molecule has 3 aliphatic carbocycles. The Hall–Kier alpha value is -1.11. The van der Waals surface area contributed by atoms with Crippen molar-refractivity contribution < 1.29 is 23.4 Å². The van der Waals surface area contributed by atoms with Crippen LogP contribution in [0.15, 0.2) is 35.5 Å². The van der Waals surface area contributed by atoms with Crippen LogP contribution in [0.1, 0.15) is 71.6 Å². The highest BCUT2D eigenvalue weighted by atomic mass is 19.4. The number of halogens is 3. The molecule has 2 N–H and O–H groups in total. The van der Waals surface area contributed by atoms with Crippen LogP contribution < -0.4 is 0 Å². The summed E-state index contributed by atoms with van der Waals surface area (Å²) in [6, 6.07) is 0. The van der Waals surface area contributed by atoms with Gasteiger partial charge in [-0.2, -0.15) is 13.2 Å². The molecule has 6 atom stereocenters. The third-order valence-corrected chi connectivity index (χ3v) is 9.62. The molecular formula is C28H42F3NO2. The van der Waals surface area contributed by atoms with Crippen LogP contribution in [-0.2, 0) is 0 Å². The smallest absolute Gasteiger partial charge is 0.388 e. The lowest BCUT2D eigenvalue weighted by Gasteiger charge is -2.45. The first-order valence-corrected chi connectivity index (χ1v) is 13.2. The van der Waals surface area contributed by atoms with Crippen molar-refractivity contribution in [3.05, 3.63) is 35.5 Å². The van der Waals surface area contributed by atoms with E-state index < -0.39 is 24.3 Å². The summed E-state index contributed by atoms with van der Waals surface area (Å²) in [5, 5.41) is 20.3. The molecule has 4 fully saturated rings. The van der Waals surface area contributed by atoms with Gasteiger partial charge in [-0.1, -0.05) is 43.7 Å². The number of allylic oxidation sites excluding steroid dienone is 3. The molecule has 34 heavy (non-hydrogen) atoms. The monoisotopic (exact) mass is 481 g/mol. The predicted octanol–water partition coefficient (Wildman–Crippen LogP) is 6.04. The zero-order chi connectivity index (χ0) is 24.7. The highest BCUT2D eigenvalue weighted by molar-refractivity contribution is 5.29. The topological polar surface area (TPSA) is 43.7 Å². The lowest BCUT2D eigenvalue weighted by atomic mass is 9.61. The Balaban J connectivity index is 1.39. The largest absolute Gasteiger partial charge is 0.391 e. The maximum Gasteiger partial charge on any atom is 0.391 e. The second-order valence-electron chi connectivity index (χ2n) is 11.8. The minimum Gasteiger partial charge on any atom is -0.388 e. The quantitative estimate of drug-likeness (QED) is 0.481. The van der Waals surface area contributed by atoms with Crippen molar-refractivity contribution in [2.24, 2.45) is 29.1 Å². The van der Waals surface area contributed by atoms with E-state index in [1.54, 1.807) is 0 Å². The van der Waals surface area contributed by atoms with Gasteiger partial charge in [0, 0.05) is 6.54 Å². The van der Waals surface area contributed by atoms with Crippen LogP contribution in [0.2, 0.25) is 0 Å². The number of rotatable bonds is 4. The van der Waals surface area contributed by atoms with Crippen molar-refractivity contribution in [1.82, 2.24) is 4.90 Å². The third-order valence-electron chi connectivity index (χ3n) is 9.62. The molecule has 1 heterocycles. The van der Waals surface area contributed by atoms with Gasteiger partial charge in [-0.25, -0.2) is 0 Å². The lowest BCUT2D eigenvalue weighted by molar-refractivity contribution is -0.185. The van der Waals surface area contributed by atoms with Crippen LogP contribution in [0.25, 0.3) is 0 Å². The Bertz CT molecular complexity index is 795. The number of fused-ring (bicyclic) bond motifs is 1. The van der Waals surface area contributed by atoms with Gasteiger partial charge in [-0.15, -0.1) is 0 Å². The molecule has 1 saturated heterocycles. The Labute approximate surface area is 202 Å².